The Hall–Kier alpha value is -0.120. The van der Waals surface area contributed by atoms with Gasteiger partial charge in [-0.25, -0.2) is 0 Å². The van der Waals surface area contributed by atoms with Gasteiger partial charge in [0, 0.05) is 37.3 Å². The summed E-state index contributed by atoms with van der Waals surface area (Å²) in [6.45, 7) is 7.79. The minimum absolute atomic E-state index is 0.776. The van der Waals surface area contributed by atoms with E-state index in [0.29, 0.717) is 0 Å². The molecule has 4 atom stereocenters. The Labute approximate surface area is 124 Å². The van der Waals surface area contributed by atoms with Crippen LogP contribution in [0.4, 0.5) is 0 Å². The molecule has 4 aliphatic rings. The van der Waals surface area contributed by atoms with Crippen molar-refractivity contribution >= 4 is 0 Å². The van der Waals surface area contributed by atoms with Crippen molar-refractivity contribution in [3.63, 3.8) is 0 Å². The molecule has 0 aromatic heterocycles. The summed E-state index contributed by atoms with van der Waals surface area (Å²) in [7, 11) is 0. The maximum atomic E-state index is 3.76. The summed E-state index contributed by atoms with van der Waals surface area (Å²) in [6.07, 6.45) is 10.1. The summed E-state index contributed by atoms with van der Waals surface area (Å²) in [6, 6.07) is 3.42. The molecule has 4 unspecified atom stereocenters. The van der Waals surface area contributed by atoms with Gasteiger partial charge in [-0.15, -0.1) is 0 Å². The van der Waals surface area contributed by atoms with Gasteiger partial charge in [-0.2, -0.15) is 0 Å². The van der Waals surface area contributed by atoms with Gasteiger partial charge < -0.3 is 5.32 Å². The molecule has 2 saturated carbocycles. The molecule has 2 heterocycles. The summed E-state index contributed by atoms with van der Waals surface area (Å²) >= 11 is 0. The Bertz CT molecular complexity index is 341. The smallest absolute Gasteiger partial charge is 0.0224 e. The minimum atomic E-state index is 0.776. The van der Waals surface area contributed by atoms with Crippen LogP contribution in [0.5, 0.6) is 0 Å². The third-order valence-corrected chi connectivity index (χ3v) is 6.28. The number of hydrogen-bond acceptors (Lipinski definition) is 3. The number of nitrogens with zero attached hydrogens (tertiary/aromatic N) is 2. The van der Waals surface area contributed by atoms with Crippen LogP contribution in [0.1, 0.15) is 51.9 Å². The standard InChI is InChI=1S/C17H31N3/c1-13-11-19-9-3-2-4-16(19)12-20(13)17-8-5-14(17)10-18-15-6-7-15/h13-18H,2-12H2,1H3. The normalized spacial score (nSPS) is 43.0. The maximum Gasteiger partial charge on any atom is 0.0224 e. The Kier molecular flexibility index (Phi) is 3.78. The summed E-state index contributed by atoms with van der Waals surface area (Å²) in [5.74, 6) is 0.938. The molecule has 0 amide bonds. The fourth-order valence-corrected chi connectivity index (χ4v) is 4.67. The van der Waals surface area contributed by atoms with Gasteiger partial charge in [0.1, 0.15) is 0 Å². The molecule has 2 saturated heterocycles. The highest BCUT2D eigenvalue weighted by atomic mass is 15.3. The zero-order valence-electron chi connectivity index (χ0n) is 13.1. The highest BCUT2D eigenvalue weighted by molar-refractivity contribution is 4.98. The lowest BCUT2D eigenvalue weighted by Crippen LogP contribution is -2.64. The molecule has 0 aromatic rings. The highest BCUT2D eigenvalue weighted by Crippen LogP contribution is 2.36. The number of piperidine rings is 1. The Morgan fingerprint density at radius 1 is 1.00 bits per heavy atom. The molecular weight excluding hydrogens is 246 g/mol. The molecule has 2 aliphatic heterocycles. The molecule has 0 aromatic carbocycles. The Morgan fingerprint density at radius 2 is 1.90 bits per heavy atom. The number of hydrogen-bond donors (Lipinski definition) is 1. The van der Waals surface area contributed by atoms with E-state index in [0.717, 1.165) is 30.1 Å². The second-order valence-electron chi connectivity index (χ2n) is 7.78. The van der Waals surface area contributed by atoms with Gasteiger partial charge >= 0.3 is 0 Å². The summed E-state index contributed by atoms with van der Waals surface area (Å²) in [4.78, 5) is 5.66. The van der Waals surface area contributed by atoms with Crippen LogP contribution < -0.4 is 5.32 Å². The zero-order chi connectivity index (χ0) is 13.5. The van der Waals surface area contributed by atoms with Crippen molar-refractivity contribution in [1.29, 1.82) is 0 Å². The number of fused-ring (bicyclic) bond motifs is 1. The van der Waals surface area contributed by atoms with Crippen molar-refractivity contribution in [2.75, 3.05) is 26.2 Å². The van der Waals surface area contributed by atoms with Crippen LogP contribution in [-0.2, 0) is 0 Å². The van der Waals surface area contributed by atoms with Crippen molar-refractivity contribution in [1.82, 2.24) is 15.1 Å². The van der Waals surface area contributed by atoms with Crippen molar-refractivity contribution in [2.45, 2.75) is 76.0 Å². The van der Waals surface area contributed by atoms with E-state index in [1.165, 1.54) is 71.1 Å². The molecular formula is C17H31N3. The first-order chi connectivity index (χ1) is 9.81. The fraction of sp³-hybridized carbons (Fsp3) is 1.00. The molecule has 3 nitrogen and oxygen atoms in total. The van der Waals surface area contributed by atoms with E-state index in [4.69, 9.17) is 0 Å². The van der Waals surface area contributed by atoms with Crippen LogP contribution in [0.2, 0.25) is 0 Å². The van der Waals surface area contributed by atoms with Crippen molar-refractivity contribution in [3.8, 4) is 0 Å². The Balaban J connectivity index is 1.34. The van der Waals surface area contributed by atoms with E-state index in [1.807, 2.05) is 0 Å². The topological polar surface area (TPSA) is 18.5 Å². The molecule has 20 heavy (non-hydrogen) atoms. The molecule has 4 rings (SSSR count). The average molecular weight is 277 g/mol. The van der Waals surface area contributed by atoms with Gasteiger partial charge in [0.2, 0.25) is 0 Å². The third-order valence-electron chi connectivity index (χ3n) is 6.28. The van der Waals surface area contributed by atoms with Crippen molar-refractivity contribution in [3.05, 3.63) is 0 Å². The van der Waals surface area contributed by atoms with E-state index < -0.39 is 0 Å². The minimum Gasteiger partial charge on any atom is -0.314 e. The quantitative estimate of drug-likeness (QED) is 0.849. The maximum absolute atomic E-state index is 3.76. The summed E-state index contributed by atoms with van der Waals surface area (Å²) in [5, 5.41) is 3.76. The molecule has 114 valence electrons. The Morgan fingerprint density at radius 3 is 2.65 bits per heavy atom. The predicted octanol–water partition coefficient (Wildman–Crippen LogP) is 2.08. The van der Waals surface area contributed by atoms with Gasteiger partial charge in [0.05, 0.1) is 0 Å². The van der Waals surface area contributed by atoms with E-state index in [9.17, 15) is 0 Å². The van der Waals surface area contributed by atoms with E-state index in [1.54, 1.807) is 0 Å². The number of rotatable bonds is 4. The van der Waals surface area contributed by atoms with Crippen LogP contribution in [-0.4, -0.2) is 60.1 Å². The van der Waals surface area contributed by atoms with Crippen LogP contribution in [0.3, 0.4) is 0 Å². The fourth-order valence-electron chi connectivity index (χ4n) is 4.67. The largest absolute Gasteiger partial charge is 0.314 e. The predicted molar refractivity (Wildman–Crippen MR) is 82.9 cm³/mol. The first-order valence-electron chi connectivity index (χ1n) is 9.04. The van der Waals surface area contributed by atoms with Crippen LogP contribution in [0.25, 0.3) is 0 Å². The highest BCUT2D eigenvalue weighted by Gasteiger charge is 2.42. The van der Waals surface area contributed by atoms with Gasteiger partial charge in [0.15, 0.2) is 0 Å². The second kappa shape index (κ2) is 5.58. The van der Waals surface area contributed by atoms with Crippen LogP contribution in [0, 0.1) is 5.92 Å². The number of piperazine rings is 1. The summed E-state index contributed by atoms with van der Waals surface area (Å²) in [5.41, 5.74) is 0. The van der Waals surface area contributed by atoms with Crippen LogP contribution >= 0.6 is 0 Å². The van der Waals surface area contributed by atoms with E-state index in [2.05, 4.69) is 22.0 Å². The second-order valence-corrected chi connectivity index (χ2v) is 7.78. The lowest BCUT2D eigenvalue weighted by Gasteiger charge is -2.54. The average Bonchev–Trinajstić information content (AvgIpc) is 3.23. The lowest BCUT2D eigenvalue weighted by molar-refractivity contribution is -0.0485. The first-order valence-corrected chi connectivity index (χ1v) is 9.04. The molecule has 1 N–H and O–H groups in total. The van der Waals surface area contributed by atoms with Gasteiger partial charge in [-0.3, -0.25) is 9.80 Å². The van der Waals surface area contributed by atoms with Gasteiger partial charge in [0.25, 0.3) is 0 Å². The lowest BCUT2D eigenvalue weighted by atomic mass is 9.77. The van der Waals surface area contributed by atoms with E-state index >= 15 is 0 Å². The molecule has 0 bridgehead atoms. The molecule has 0 spiro atoms. The summed E-state index contributed by atoms with van der Waals surface area (Å²) < 4.78 is 0. The van der Waals surface area contributed by atoms with Crippen molar-refractivity contribution < 1.29 is 0 Å². The SMILES string of the molecule is CC1CN2CCCCC2CN1C1CCC1CNC1CC1. The van der Waals surface area contributed by atoms with Crippen LogP contribution in [0.15, 0.2) is 0 Å². The molecule has 0 radical (unpaired) electrons. The zero-order valence-corrected chi connectivity index (χ0v) is 13.1. The van der Waals surface area contributed by atoms with Gasteiger partial charge in [-0.1, -0.05) is 6.42 Å². The van der Waals surface area contributed by atoms with E-state index in [-0.39, 0.29) is 0 Å². The molecule has 2 aliphatic carbocycles. The first kappa shape index (κ1) is 13.5. The number of nitrogens with one attached hydrogen (secondary N) is 1. The van der Waals surface area contributed by atoms with Gasteiger partial charge in [-0.05, 0) is 64.5 Å². The molecule has 3 heteroatoms. The van der Waals surface area contributed by atoms with Crippen molar-refractivity contribution in [2.24, 2.45) is 5.92 Å². The third kappa shape index (κ3) is 2.65. The molecule has 4 fully saturated rings. The monoisotopic (exact) mass is 277 g/mol.